The number of piperidine rings is 1. The van der Waals surface area contributed by atoms with Crippen LogP contribution in [0.2, 0.25) is 0 Å². The molecule has 0 spiro atoms. The van der Waals surface area contributed by atoms with Gasteiger partial charge in [0.1, 0.15) is 11.6 Å². The fourth-order valence-corrected chi connectivity index (χ4v) is 2.43. The molecule has 92 valence electrons. The quantitative estimate of drug-likeness (QED) is 0.739. The van der Waals surface area contributed by atoms with Gasteiger partial charge in [0.2, 0.25) is 0 Å². The Morgan fingerprint density at radius 2 is 2.00 bits per heavy atom. The minimum absolute atomic E-state index is 0.471. The third-order valence-electron chi connectivity index (χ3n) is 3.27. The van der Waals surface area contributed by atoms with Crippen LogP contribution in [0.5, 0.6) is 0 Å². The first kappa shape index (κ1) is 12.1. The summed E-state index contributed by atoms with van der Waals surface area (Å²) in [5, 5.41) is 22.8. The normalized spacial score (nSPS) is 26.4. The molecule has 1 heterocycles. The van der Waals surface area contributed by atoms with E-state index in [-0.39, 0.29) is 0 Å². The Labute approximate surface area is 100 Å². The molecular weight excluding hydrogens is 218 g/mol. The molecule has 1 saturated heterocycles. The van der Waals surface area contributed by atoms with E-state index >= 15 is 0 Å². The minimum Gasteiger partial charge on any atom is -0.481 e. The maximum atomic E-state index is 11.4. The molecule has 0 unspecified atom stereocenters. The predicted molar refractivity (Wildman–Crippen MR) is 63.6 cm³/mol. The van der Waals surface area contributed by atoms with E-state index in [0.717, 1.165) is 12.8 Å². The lowest BCUT2D eigenvalue weighted by atomic mass is 9.83. The summed E-state index contributed by atoms with van der Waals surface area (Å²) < 4.78 is 0. The van der Waals surface area contributed by atoms with Gasteiger partial charge in [-0.1, -0.05) is 30.3 Å². The van der Waals surface area contributed by atoms with Crippen LogP contribution in [-0.2, 0) is 4.79 Å². The highest BCUT2D eigenvalue weighted by Crippen LogP contribution is 2.32. The van der Waals surface area contributed by atoms with Crippen molar-refractivity contribution in [2.45, 2.75) is 30.9 Å². The Morgan fingerprint density at radius 1 is 1.29 bits per heavy atom. The van der Waals surface area contributed by atoms with Crippen LogP contribution in [0.1, 0.15) is 30.7 Å². The number of aliphatic carboxylic acids is 1. The number of hydrogen-bond acceptors (Lipinski definition) is 3. The summed E-state index contributed by atoms with van der Waals surface area (Å²) in [6.45, 7) is 0.660. The van der Waals surface area contributed by atoms with Gasteiger partial charge in [0, 0.05) is 0 Å². The molecule has 4 heteroatoms. The lowest BCUT2D eigenvalue weighted by Gasteiger charge is -2.38. The van der Waals surface area contributed by atoms with Gasteiger partial charge in [0.15, 0.2) is 0 Å². The fourth-order valence-electron chi connectivity index (χ4n) is 2.43. The Kier molecular flexibility index (Phi) is 3.45. The molecule has 0 amide bonds. The van der Waals surface area contributed by atoms with Gasteiger partial charge in [0.25, 0.3) is 0 Å². The molecule has 0 radical (unpaired) electrons. The molecule has 17 heavy (non-hydrogen) atoms. The molecule has 2 atom stereocenters. The van der Waals surface area contributed by atoms with Crippen LogP contribution in [0.3, 0.4) is 0 Å². The van der Waals surface area contributed by atoms with Gasteiger partial charge in [-0.15, -0.1) is 0 Å². The van der Waals surface area contributed by atoms with E-state index in [9.17, 15) is 15.0 Å². The topological polar surface area (TPSA) is 69.6 Å². The van der Waals surface area contributed by atoms with Crippen molar-refractivity contribution in [2.24, 2.45) is 0 Å². The Morgan fingerprint density at radius 3 is 2.53 bits per heavy atom. The molecule has 0 aliphatic carbocycles. The summed E-state index contributed by atoms with van der Waals surface area (Å²) in [4.78, 5) is 11.4. The molecule has 1 aromatic carbocycles. The third kappa shape index (κ3) is 2.48. The Bertz CT molecular complexity index is 385. The van der Waals surface area contributed by atoms with E-state index in [0.29, 0.717) is 18.5 Å². The summed E-state index contributed by atoms with van der Waals surface area (Å²) in [6, 6.07) is 8.90. The lowest BCUT2D eigenvalue weighted by molar-refractivity contribution is -0.149. The van der Waals surface area contributed by atoms with Gasteiger partial charge < -0.3 is 10.2 Å². The van der Waals surface area contributed by atoms with Crippen LogP contribution in [0, 0.1) is 0 Å². The lowest BCUT2D eigenvalue weighted by Crippen LogP contribution is -2.55. The van der Waals surface area contributed by atoms with Gasteiger partial charge >= 0.3 is 5.97 Å². The van der Waals surface area contributed by atoms with Crippen molar-refractivity contribution in [2.75, 3.05) is 6.54 Å². The third-order valence-corrected chi connectivity index (χ3v) is 3.27. The molecule has 1 fully saturated rings. The number of benzene rings is 1. The van der Waals surface area contributed by atoms with Crippen LogP contribution in [-0.4, -0.2) is 28.5 Å². The standard InChI is InChI=1S/C13H17NO3/c15-12(16)11(10-6-2-1-3-7-10)13(17)8-4-5-9-14-13/h1-3,6-7,11,14,17H,4-5,8-9H2,(H,15,16)/t11-,13-/m1/s1. The molecule has 2 rings (SSSR count). The SMILES string of the molecule is O=C(O)[C@@H](c1ccccc1)[C@]1(O)CCCCN1. The highest BCUT2D eigenvalue weighted by atomic mass is 16.4. The number of nitrogens with one attached hydrogen (secondary N) is 1. The number of carboxylic acid groups (broad SMARTS) is 1. The zero-order valence-electron chi connectivity index (χ0n) is 9.60. The van der Waals surface area contributed by atoms with Gasteiger partial charge in [-0.3, -0.25) is 10.1 Å². The van der Waals surface area contributed by atoms with Crippen molar-refractivity contribution in [3.05, 3.63) is 35.9 Å². The Balaban J connectivity index is 2.32. The maximum Gasteiger partial charge on any atom is 0.315 e. The molecule has 0 bridgehead atoms. The fraction of sp³-hybridized carbons (Fsp3) is 0.462. The molecule has 1 aromatic rings. The van der Waals surface area contributed by atoms with Crippen LogP contribution < -0.4 is 5.32 Å². The van der Waals surface area contributed by atoms with Crippen LogP contribution in [0.15, 0.2) is 30.3 Å². The predicted octanol–water partition coefficient (Wildman–Crippen LogP) is 1.32. The second-order valence-electron chi connectivity index (χ2n) is 4.49. The number of rotatable bonds is 3. The number of carbonyl (C=O) groups is 1. The maximum absolute atomic E-state index is 11.4. The van der Waals surface area contributed by atoms with E-state index in [2.05, 4.69) is 5.32 Å². The van der Waals surface area contributed by atoms with Crippen LogP contribution in [0.25, 0.3) is 0 Å². The second kappa shape index (κ2) is 4.85. The molecule has 0 aromatic heterocycles. The molecule has 0 saturated carbocycles. The van der Waals surface area contributed by atoms with E-state index in [1.165, 1.54) is 0 Å². The minimum atomic E-state index is -1.33. The first-order valence-corrected chi connectivity index (χ1v) is 5.89. The number of carboxylic acids is 1. The highest BCUT2D eigenvalue weighted by molar-refractivity contribution is 5.77. The average molecular weight is 235 g/mol. The van der Waals surface area contributed by atoms with Crippen molar-refractivity contribution < 1.29 is 15.0 Å². The van der Waals surface area contributed by atoms with E-state index < -0.39 is 17.6 Å². The smallest absolute Gasteiger partial charge is 0.315 e. The van der Waals surface area contributed by atoms with E-state index in [1.54, 1.807) is 24.3 Å². The zero-order chi connectivity index (χ0) is 12.3. The van der Waals surface area contributed by atoms with Gasteiger partial charge in [-0.05, 0) is 31.4 Å². The van der Waals surface area contributed by atoms with Crippen molar-refractivity contribution in [1.82, 2.24) is 5.32 Å². The van der Waals surface area contributed by atoms with Gasteiger partial charge in [-0.25, -0.2) is 0 Å². The summed E-state index contributed by atoms with van der Waals surface area (Å²) in [7, 11) is 0. The van der Waals surface area contributed by atoms with Crippen molar-refractivity contribution in [3.8, 4) is 0 Å². The molecule has 1 aliphatic heterocycles. The Hall–Kier alpha value is -1.39. The summed E-state index contributed by atoms with van der Waals surface area (Å²) >= 11 is 0. The molecule has 4 nitrogen and oxygen atoms in total. The number of hydrogen-bond donors (Lipinski definition) is 3. The van der Waals surface area contributed by atoms with E-state index in [1.807, 2.05) is 6.07 Å². The van der Waals surface area contributed by atoms with Crippen LogP contribution in [0.4, 0.5) is 0 Å². The largest absolute Gasteiger partial charge is 0.481 e. The van der Waals surface area contributed by atoms with Gasteiger partial charge in [0.05, 0.1) is 0 Å². The van der Waals surface area contributed by atoms with E-state index in [4.69, 9.17) is 0 Å². The summed E-state index contributed by atoms with van der Waals surface area (Å²) in [5.41, 5.74) is -0.692. The molecule has 3 N–H and O–H groups in total. The molecule has 1 aliphatic rings. The summed E-state index contributed by atoms with van der Waals surface area (Å²) in [5.74, 6) is -1.91. The first-order chi connectivity index (χ1) is 8.13. The molecular formula is C13H17NO3. The zero-order valence-corrected chi connectivity index (χ0v) is 9.60. The second-order valence-corrected chi connectivity index (χ2v) is 4.49. The first-order valence-electron chi connectivity index (χ1n) is 5.89. The highest BCUT2D eigenvalue weighted by Gasteiger charge is 2.43. The van der Waals surface area contributed by atoms with Crippen molar-refractivity contribution in [1.29, 1.82) is 0 Å². The van der Waals surface area contributed by atoms with Crippen molar-refractivity contribution in [3.63, 3.8) is 0 Å². The van der Waals surface area contributed by atoms with Gasteiger partial charge in [-0.2, -0.15) is 0 Å². The van der Waals surface area contributed by atoms with Crippen LogP contribution >= 0.6 is 0 Å². The number of aliphatic hydroxyl groups is 1. The van der Waals surface area contributed by atoms with Crippen molar-refractivity contribution >= 4 is 5.97 Å². The average Bonchev–Trinajstić information content (AvgIpc) is 2.30. The summed E-state index contributed by atoms with van der Waals surface area (Å²) in [6.07, 6.45) is 2.29. The monoisotopic (exact) mass is 235 g/mol.